The zero-order valence-corrected chi connectivity index (χ0v) is 17.4. The van der Waals surface area contributed by atoms with Gasteiger partial charge in [0.2, 0.25) is 11.8 Å². The fraction of sp³-hybridized carbons (Fsp3) is 0.240. The van der Waals surface area contributed by atoms with Crippen LogP contribution < -0.4 is 10.6 Å². The van der Waals surface area contributed by atoms with Crippen LogP contribution in [0.25, 0.3) is 0 Å². The van der Waals surface area contributed by atoms with Gasteiger partial charge in [-0.2, -0.15) is 0 Å². The van der Waals surface area contributed by atoms with Crippen molar-refractivity contribution in [1.82, 2.24) is 5.16 Å². The Morgan fingerprint density at radius 3 is 2.52 bits per heavy atom. The lowest BCUT2D eigenvalue weighted by Gasteiger charge is -2.34. The Labute approximate surface area is 180 Å². The fourth-order valence-electron chi connectivity index (χ4n) is 4.73. The van der Waals surface area contributed by atoms with Gasteiger partial charge in [-0.25, -0.2) is 0 Å². The highest BCUT2D eigenvalue weighted by Gasteiger charge is 2.41. The lowest BCUT2D eigenvalue weighted by atomic mass is 9.72. The molecule has 2 aliphatic rings. The molecule has 1 aliphatic carbocycles. The van der Waals surface area contributed by atoms with Gasteiger partial charge in [0.05, 0.1) is 11.3 Å². The van der Waals surface area contributed by atoms with Gasteiger partial charge in [0.15, 0.2) is 5.78 Å². The van der Waals surface area contributed by atoms with Gasteiger partial charge in [0.1, 0.15) is 0 Å². The number of amides is 1. The molecule has 3 aromatic rings. The van der Waals surface area contributed by atoms with Gasteiger partial charge in [0.25, 0.3) is 0 Å². The highest BCUT2D eigenvalue weighted by atomic mass is 16.5. The SMILES string of the molecule is CC(=O)Nc1ccc([C@H]2C3=C(C[C@H](c4ccccc4)CC3=O)Nc3onc(C)c32)cc1. The summed E-state index contributed by atoms with van der Waals surface area (Å²) in [6.07, 6.45) is 1.22. The van der Waals surface area contributed by atoms with Gasteiger partial charge < -0.3 is 15.2 Å². The molecule has 31 heavy (non-hydrogen) atoms. The average Bonchev–Trinajstić information content (AvgIpc) is 3.13. The van der Waals surface area contributed by atoms with E-state index < -0.39 is 0 Å². The Morgan fingerprint density at radius 2 is 1.81 bits per heavy atom. The van der Waals surface area contributed by atoms with Gasteiger partial charge in [0, 0.05) is 36.2 Å². The lowest BCUT2D eigenvalue weighted by molar-refractivity contribution is -0.116. The average molecular weight is 413 g/mol. The number of nitrogens with one attached hydrogen (secondary N) is 2. The quantitative estimate of drug-likeness (QED) is 0.638. The van der Waals surface area contributed by atoms with Crippen LogP contribution in [0, 0.1) is 6.92 Å². The Morgan fingerprint density at radius 1 is 1.06 bits per heavy atom. The maximum absolute atomic E-state index is 13.4. The summed E-state index contributed by atoms with van der Waals surface area (Å²) in [6.45, 7) is 3.38. The molecule has 0 saturated heterocycles. The molecule has 2 atom stereocenters. The number of aromatic nitrogens is 1. The molecule has 6 heteroatoms. The molecule has 0 unspecified atom stereocenters. The van der Waals surface area contributed by atoms with Crippen LogP contribution in [0.15, 0.2) is 70.4 Å². The number of allylic oxidation sites excluding steroid dienone is 2. The molecule has 2 N–H and O–H groups in total. The normalized spacial score (nSPS) is 20.0. The zero-order valence-electron chi connectivity index (χ0n) is 17.4. The van der Waals surface area contributed by atoms with E-state index in [-0.39, 0.29) is 23.5 Å². The third kappa shape index (κ3) is 3.44. The number of fused-ring (bicyclic) bond motifs is 1. The Balaban J connectivity index is 1.57. The molecule has 0 bridgehead atoms. The number of nitrogens with zero attached hydrogens (tertiary/aromatic N) is 1. The number of aryl methyl sites for hydroxylation is 1. The predicted molar refractivity (Wildman–Crippen MR) is 118 cm³/mol. The van der Waals surface area contributed by atoms with Crippen molar-refractivity contribution in [2.45, 2.75) is 38.5 Å². The smallest absolute Gasteiger partial charge is 0.233 e. The second-order valence-electron chi connectivity index (χ2n) is 8.20. The van der Waals surface area contributed by atoms with Crippen molar-refractivity contribution in [3.8, 4) is 0 Å². The molecule has 1 aliphatic heterocycles. The molecule has 1 aromatic heterocycles. The van der Waals surface area contributed by atoms with Crippen LogP contribution in [0.5, 0.6) is 0 Å². The first-order chi connectivity index (χ1) is 15.0. The summed E-state index contributed by atoms with van der Waals surface area (Å²) in [5.74, 6) is 0.520. The van der Waals surface area contributed by atoms with Crippen LogP contribution in [0.1, 0.15) is 54.0 Å². The molecule has 2 heterocycles. The van der Waals surface area contributed by atoms with Gasteiger partial charge in [-0.1, -0.05) is 47.6 Å². The van der Waals surface area contributed by atoms with E-state index in [0.29, 0.717) is 12.3 Å². The van der Waals surface area contributed by atoms with E-state index in [4.69, 9.17) is 4.52 Å². The zero-order chi connectivity index (χ0) is 21.5. The van der Waals surface area contributed by atoms with Crippen molar-refractivity contribution >= 4 is 23.3 Å². The first kappa shape index (κ1) is 19.3. The van der Waals surface area contributed by atoms with Crippen molar-refractivity contribution in [3.63, 3.8) is 0 Å². The molecular formula is C25H23N3O3. The Hall–Kier alpha value is -3.67. The van der Waals surface area contributed by atoms with E-state index in [1.807, 2.05) is 49.4 Å². The van der Waals surface area contributed by atoms with E-state index >= 15 is 0 Å². The van der Waals surface area contributed by atoms with E-state index in [1.54, 1.807) is 0 Å². The molecule has 0 radical (unpaired) electrons. The molecule has 156 valence electrons. The molecule has 0 fully saturated rings. The minimum Gasteiger partial charge on any atom is -0.338 e. The van der Waals surface area contributed by atoms with Gasteiger partial charge in [-0.3, -0.25) is 9.59 Å². The standard InChI is InChI=1S/C25H23N3O3/c1-14-22-23(17-8-10-19(11-9-17)26-15(2)29)24-20(27-25(22)31-28-14)12-18(13-21(24)30)16-6-4-3-5-7-16/h3-11,18,23,27H,12-13H2,1-2H3,(H,26,29)/t18-,23+/m0/s1. The summed E-state index contributed by atoms with van der Waals surface area (Å²) in [5, 5.41) is 10.3. The lowest BCUT2D eigenvalue weighted by Crippen LogP contribution is -2.29. The maximum Gasteiger partial charge on any atom is 0.233 e. The third-order valence-electron chi connectivity index (χ3n) is 6.09. The predicted octanol–water partition coefficient (Wildman–Crippen LogP) is 4.90. The van der Waals surface area contributed by atoms with Crippen molar-refractivity contribution in [3.05, 3.63) is 88.3 Å². The minimum atomic E-state index is -0.242. The number of benzene rings is 2. The number of ketones is 1. The number of hydrogen-bond donors (Lipinski definition) is 2. The maximum atomic E-state index is 13.4. The molecule has 1 amide bonds. The number of rotatable bonds is 3. The number of hydrogen-bond acceptors (Lipinski definition) is 5. The molecule has 5 rings (SSSR count). The van der Waals surface area contributed by atoms with E-state index in [0.717, 1.165) is 40.2 Å². The highest BCUT2D eigenvalue weighted by molar-refractivity contribution is 6.01. The van der Waals surface area contributed by atoms with E-state index in [1.165, 1.54) is 12.5 Å². The van der Waals surface area contributed by atoms with Crippen molar-refractivity contribution in [2.24, 2.45) is 0 Å². The summed E-state index contributed by atoms with van der Waals surface area (Å²) in [7, 11) is 0. The summed E-state index contributed by atoms with van der Waals surface area (Å²) >= 11 is 0. The van der Waals surface area contributed by atoms with E-state index in [9.17, 15) is 9.59 Å². The van der Waals surface area contributed by atoms with Crippen molar-refractivity contribution in [1.29, 1.82) is 0 Å². The third-order valence-corrected chi connectivity index (χ3v) is 6.09. The van der Waals surface area contributed by atoms with Gasteiger partial charge in [-0.15, -0.1) is 0 Å². The number of carbonyl (C=O) groups excluding carboxylic acids is 2. The van der Waals surface area contributed by atoms with Gasteiger partial charge >= 0.3 is 0 Å². The van der Waals surface area contributed by atoms with Crippen molar-refractivity contribution < 1.29 is 14.1 Å². The highest BCUT2D eigenvalue weighted by Crippen LogP contribution is 2.49. The van der Waals surface area contributed by atoms with Crippen LogP contribution >= 0.6 is 0 Å². The molecule has 2 aromatic carbocycles. The molecular weight excluding hydrogens is 390 g/mol. The summed E-state index contributed by atoms with van der Waals surface area (Å²) in [5.41, 5.74) is 6.23. The Kier molecular flexibility index (Phi) is 4.70. The largest absolute Gasteiger partial charge is 0.338 e. The molecule has 0 spiro atoms. The van der Waals surface area contributed by atoms with Gasteiger partial charge in [-0.05, 0) is 42.5 Å². The van der Waals surface area contributed by atoms with Crippen LogP contribution in [-0.4, -0.2) is 16.8 Å². The fourth-order valence-corrected chi connectivity index (χ4v) is 4.73. The van der Waals surface area contributed by atoms with E-state index in [2.05, 4.69) is 27.9 Å². The minimum absolute atomic E-state index is 0.119. The summed E-state index contributed by atoms with van der Waals surface area (Å²) < 4.78 is 5.58. The summed E-state index contributed by atoms with van der Waals surface area (Å²) in [4.78, 5) is 24.8. The number of Topliss-reactive ketones (excluding diaryl/α,β-unsaturated/α-hetero) is 1. The second kappa shape index (κ2) is 7.54. The van der Waals surface area contributed by atoms with Crippen molar-refractivity contribution in [2.75, 3.05) is 10.6 Å². The Bertz CT molecular complexity index is 1190. The van der Waals surface area contributed by atoms with Crippen LogP contribution in [0.4, 0.5) is 11.6 Å². The number of anilines is 2. The second-order valence-corrected chi connectivity index (χ2v) is 8.20. The van der Waals surface area contributed by atoms with Crippen LogP contribution in [0.3, 0.4) is 0 Å². The first-order valence-corrected chi connectivity index (χ1v) is 10.4. The first-order valence-electron chi connectivity index (χ1n) is 10.4. The topological polar surface area (TPSA) is 84.2 Å². The number of carbonyl (C=O) groups is 2. The van der Waals surface area contributed by atoms with Crippen LogP contribution in [-0.2, 0) is 9.59 Å². The monoisotopic (exact) mass is 413 g/mol. The van der Waals surface area contributed by atoms with Crippen LogP contribution in [0.2, 0.25) is 0 Å². The molecule has 0 saturated carbocycles. The summed E-state index contributed by atoms with van der Waals surface area (Å²) in [6, 6.07) is 17.8. The molecule has 6 nitrogen and oxygen atoms in total.